The van der Waals surface area contributed by atoms with Gasteiger partial charge >= 0.3 is 0 Å². The van der Waals surface area contributed by atoms with E-state index in [1.54, 1.807) is 29.2 Å². The number of amides is 3. The van der Waals surface area contributed by atoms with Gasteiger partial charge in [0, 0.05) is 32.1 Å². The Balaban J connectivity index is 1.83. The van der Waals surface area contributed by atoms with E-state index in [0.29, 0.717) is 19.6 Å². The summed E-state index contributed by atoms with van der Waals surface area (Å²) in [7, 11) is 0. The summed E-state index contributed by atoms with van der Waals surface area (Å²) in [5.74, 6) is -0.857. The smallest absolute Gasteiger partial charge is 0.254 e. The fraction of sp³-hybridized carbons (Fsp3) is 0.318. The Morgan fingerprint density at radius 1 is 1.04 bits per heavy atom. The topological polar surface area (TPSA) is 83.7 Å². The minimum atomic E-state index is -0.632. The molecule has 6 nitrogen and oxygen atoms in total. The first-order valence-electron chi connectivity index (χ1n) is 9.52. The van der Waals surface area contributed by atoms with Crippen molar-refractivity contribution in [2.75, 3.05) is 13.1 Å². The number of hydrogen-bond donors (Lipinski definition) is 1. The van der Waals surface area contributed by atoms with E-state index in [-0.39, 0.29) is 35.4 Å². The number of nitrogens with zero attached hydrogens (tertiary/aromatic N) is 2. The first kappa shape index (κ1) is 19.6. The molecule has 3 amide bonds. The molecule has 0 aromatic heterocycles. The predicted octanol–water partition coefficient (Wildman–Crippen LogP) is 2.44. The van der Waals surface area contributed by atoms with Gasteiger partial charge in [0.1, 0.15) is 0 Å². The molecule has 0 radical (unpaired) electrons. The van der Waals surface area contributed by atoms with E-state index in [0.717, 1.165) is 12.0 Å². The summed E-state index contributed by atoms with van der Waals surface area (Å²) >= 11 is 0. The van der Waals surface area contributed by atoms with Crippen LogP contribution >= 0.6 is 0 Å². The van der Waals surface area contributed by atoms with Gasteiger partial charge in [0.15, 0.2) is 0 Å². The highest BCUT2D eigenvalue weighted by molar-refractivity contribution is 6.06. The zero-order chi connectivity index (χ0) is 20.1. The van der Waals surface area contributed by atoms with Crippen molar-refractivity contribution in [1.82, 2.24) is 9.80 Å². The summed E-state index contributed by atoms with van der Waals surface area (Å²) in [6, 6.07) is 16.3. The number of benzene rings is 2. The van der Waals surface area contributed by atoms with Gasteiger partial charge < -0.3 is 15.5 Å². The third-order valence-corrected chi connectivity index (χ3v) is 5.16. The highest BCUT2D eigenvalue weighted by Gasteiger charge is 2.32. The van der Waals surface area contributed by atoms with Crippen LogP contribution in [-0.2, 0) is 11.3 Å². The molecule has 0 aliphatic carbocycles. The van der Waals surface area contributed by atoms with E-state index in [4.69, 9.17) is 5.73 Å². The molecule has 2 aromatic carbocycles. The number of carbonyl (C=O) groups is 3. The van der Waals surface area contributed by atoms with Crippen LogP contribution in [0.3, 0.4) is 0 Å². The van der Waals surface area contributed by atoms with Gasteiger partial charge in [-0.3, -0.25) is 14.4 Å². The molecule has 1 fully saturated rings. The van der Waals surface area contributed by atoms with Crippen LogP contribution in [0, 0.1) is 0 Å². The average molecular weight is 379 g/mol. The molecule has 1 saturated heterocycles. The minimum absolute atomic E-state index is 0.0363. The fourth-order valence-electron chi connectivity index (χ4n) is 3.61. The van der Waals surface area contributed by atoms with Gasteiger partial charge in [0.25, 0.3) is 5.91 Å². The summed E-state index contributed by atoms with van der Waals surface area (Å²) in [5, 5.41) is 0. The summed E-state index contributed by atoms with van der Waals surface area (Å²) in [4.78, 5) is 41.1. The van der Waals surface area contributed by atoms with Crippen molar-refractivity contribution in [3.63, 3.8) is 0 Å². The van der Waals surface area contributed by atoms with Crippen molar-refractivity contribution in [3.8, 4) is 0 Å². The predicted molar refractivity (Wildman–Crippen MR) is 107 cm³/mol. The lowest BCUT2D eigenvalue weighted by Crippen LogP contribution is -2.44. The molecule has 28 heavy (non-hydrogen) atoms. The van der Waals surface area contributed by atoms with Crippen molar-refractivity contribution >= 4 is 17.7 Å². The Labute approximate surface area is 164 Å². The lowest BCUT2D eigenvalue weighted by Gasteiger charge is -2.31. The molecule has 1 heterocycles. The standard InChI is InChI=1S/C22H25N3O3/c1-2-17-15-24(22(28)19-11-7-6-10-18(19)21(23)27)13-12-20(26)25(17)14-16-8-4-3-5-9-16/h3-11,17H,2,12-15H2,1H3,(H2,23,27)/t17-/m1/s1. The Hall–Kier alpha value is -3.15. The molecular weight excluding hydrogens is 354 g/mol. The Morgan fingerprint density at radius 2 is 1.68 bits per heavy atom. The SMILES string of the molecule is CC[C@@H]1CN(C(=O)c2ccccc2C(N)=O)CCC(=O)N1Cc1ccccc1. The second-order valence-corrected chi connectivity index (χ2v) is 6.98. The molecule has 0 unspecified atom stereocenters. The molecule has 3 rings (SSSR count). The van der Waals surface area contributed by atoms with Gasteiger partial charge in [-0.15, -0.1) is 0 Å². The minimum Gasteiger partial charge on any atom is -0.366 e. The summed E-state index contributed by atoms with van der Waals surface area (Å²) in [6.07, 6.45) is 0.994. The molecule has 0 spiro atoms. The van der Waals surface area contributed by atoms with Gasteiger partial charge in [-0.2, -0.15) is 0 Å². The van der Waals surface area contributed by atoms with E-state index < -0.39 is 5.91 Å². The average Bonchev–Trinajstić information content (AvgIpc) is 2.87. The van der Waals surface area contributed by atoms with Crippen LogP contribution in [0.4, 0.5) is 0 Å². The van der Waals surface area contributed by atoms with Gasteiger partial charge in [0.2, 0.25) is 11.8 Å². The number of nitrogens with two attached hydrogens (primary N) is 1. The van der Waals surface area contributed by atoms with Gasteiger partial charge in [-0.1, -0.05) is 49.4 Å². The maximum absolute atomic E-state index is 13.1. The van der Waals surface area contributed by atoms with E-state index in [1.807, 2.05) is 42.2 Å². The number of rotatable bonds is 5. The molecular formula is C22H25N3O3. The van der Waals surface area contributed by atoms with E-state index in [2.05, 4.69) is 0 Å². The third kappa shape index (κ3) is 4.22. The van der Waals surface area contributed by atoms with Crippen LogP contribution in [0.2, 0.25) is 0 Å². The fourth-order valence-corrected chi connectivity index (χ4v) is 3.61. The van der Waals surface area contributed by atoms with Crippen molar-refractivity contribution in [2.45, 2.75) is 32.4 Å². The zero-order valence-electron chi connectivity index (χ0n) is 16.0. The van der Waals surface area contributed by atoms with Crippen LogP contribution in [0.5, 0.6) is 0 Å². The number of hydrogen-bond acceptors (Lipinski definition) is 3. The lowest BCUT2D eigenvalue weighted by molar-refractivity contribution is -0.133. The van der Waals surface area contributed by atoms with Gasteiger partial charge in [-0.25, -0.2) is 0 Å². The second kappa shape index (κ2) is 8.69. The molecule has 1 aliphatic heterocycles. The van der Waals surface area contributed by atoms with Crippen LogP contribution < -0.4 is 5.73 Å². The molecule has 0 saturated carbocycles. The Bertz CT molecular complexity index is 866. The van der Waals surface area contributed by atoms with Crippen molar-refractivity contribution in [2.24, 2.45) is 5.73 Å². The summed E-state index contributed by atoms with van der Waals surface area (Å²) < 4.78 is 0. The molecule has 1 aliphatic rings. The molecule has 2 aromatic rings. The normalized spacial score (nSPS) is 17.3. The van der Waals surface area contributed by atoms with Gasteiger partial charge in [-0.05, 0) is 24.1 Å². The van der Waals surface area contributed by atoms with Crippen molar-refractivity contribution < 1.29 is 14.4 Å². The summed E-state index contributed by atoms with van der Waals surface area (Å²) in [6.45, 7) is 3.30. The van der Waals surface area contributed by atoms with Crippen molar-refractivity contribution in [1.29, 1.82) is 0 Å². The van der Waals surface area contributed by atoms with Crippen molar-refractivity contribution in [3.05, 3.63) is 71.3 Å². The van der Waals surface area contributed by atoms with Gasteiger partial charge in [0.05, 0.1) is 11.1 Å². The van der Waals surface area contributed by atoms with Crippen LogP contribution in [0.25, 0.3) is 0 Å². The maximum atomic E-state index is 13.1. The third-order valence-electron chi connectivity index (χ3n) is 5.16. The monoisotopic (exact) mass is 379 g/mol. The maximum Gasteiger partial charge on any atom is 0.254 e. The second-order valence-electron chi connectivity index (χ2n) is 6.98. The first-order valence-corrected chi connectivity index (χ1v) is 9.52. The lowest BCUT2D eigenvalue weighted by atomic mass is 10.0. The Kier molecular flexibility index (Phi) is 6.09. The molecule has 2 N–H and O–H groups in total. The molecule has 0 bridgehead atoms. The Morgan fingerprint density at radius 3 is 2.32 bits per heavy atom. The molecule has 6 heteroatoms. The summed E-state index contributed by atoms with van der Waals surface area (Å²) in [5.41, 5.74) is 6.98. The largest absolute Gasteiger partial charge is 0.366 e. The zero-order valence-corrected chi connectivity index (χ0v) is 16.0. The number of carbonyl (C=O) groups excluding carboxylic acids is 3. The highest BCUT2D eigenvalue weighted by atomic mass is 16.2. The highest BCUT2D eigenvalue weighted by Crippen LogP contribution is 2.20. The molecule has 146 valence electrons. The van der Waals surface area contributed by atoms with E-state index in [1.165, 1.54) is 0 Å². The van der Waals surface area contributed by atoms with Crippen LogP contribution in [0.15, 0.2) is 54.6 Å². The van der Waals surface area contributed by atoms with Crippen LogP contribution in [0.1, 0.15) is 46.0 Å². The first-order chi connectivity index (χ1) is 13.5. The number of primary amides is 1. The van der Waals surface area contributed by atoms with Crippen LogP contribution in [-0.4, -0.2) is 46.7 Å². The van der Waals surface area contributed by atoms with E-state index in [9.17, 15) is 14.4 Å². The van der Waals surface area contributed by atoms with E-state index >= 15 is 0 Å². The molecule has 1 atom stereocenters. The quantitative estimate of drug-likeness (QED) is 0.866.